The van der Waals surface area contributed by atoms with Crippen molar-refractivity contribution in [2.24, 2.45) is 0 Å². The van der Waals surface area contributed by atoms with E-state index >= 15 is 0 Å². The molecule has 0 aromatic heterocycles. The van der Waals surface area contributed by atoms with Crippen LogP contribution in [0, 0.1) is 0 Å². The Balaban J connectivity index is 2.44. The van der Waals surface area contributed by atoms with Gasteiger partial charge in [-0.3, -0.25) is 4.79 Å². The molecule has 0 heterocycles. The number of hydrogen-bond acceptors (Lipinski definition) is 2. The van der Waals surface area contributed by atoms with Crippen LogP contribution in [0.1, 0.15) is 18.9 Å². The van der Waals surface area contributed by atoms with E-state index in [-0.39, 0.29) is 5.91 Å². The minimum atomic E-state index is 0.0822. The van der Waals surface area contributed by atoms with E-state index in [1.54, 1.807) is 0 Å². The third-order valence-electron chi connectivity index (χ3n) is 1.87. The topological polar surface area (TPSA) is 29.1 Å². The van der Waals surface area contributed by atoms with Crippen molar-refractivity contribution in [3.8, 4) is 0 Å². The quantitative estimate of drug-likeness (QED) is 0.730. The summed E-state index contributed by atoms with van der Waals surface area (Å²) in [7, 11) is 0. The van der Waals surface area contributed by atoms with Gasteiger partial charge in [0.1, 0.15) is 0 Å². The molecule has 1 N–H and O–H groups in total. The number of benzene rings is 1. The van der Waals surface area contributed by atoms with Crippen LogP contribution in [0.3, 0.4) is 0 Å². The SMILES string of the molecule is CCCNC(=O)Cc1ccc(S)cc1. The summed E-state index contributed by atoms with van der Waals surface area (Å²) in [5.74, 6) is 0.0822. The molecule has 0 aliphatic heterocycles. The Morgan fingerprint density at radius 1 is 1.36 bits per heavy atom. The molecule has 14 heavy (non-hydrogen) atoms. The molecule has 2 nitrogen and oxygen atoms in total. The summed E-state index contributed by atoms with van der Waals surface area (Å²) >= 11 is 4.18. The van der Waals surface area contributed by atoms with Gasteiger partial charge in [0.2, 0.25) is 5.91 Å². The van der Waals surface area contributed by atoms with Gasteiger partial charge in [-0.05, 0) is 24.1 Å². The van der Waals surface area contributed by atoms with Crippen molar-refractivity contribution in [1.82, 2.24) is 5.32 Å². The fourth-order valence-electron chi connectivity index (χ4n) is 1.13. The second kappa shape index (κ2) is 5.70. The Morgan fingerprint density at radius 2 is 2.00 bits per heavy atom. The van der Waals surface area contributed by atoms with Crippen LogP contribution in [-0.4, -0.2) is 12.5 Å². The van der Waals surface area contributed by atoms with Crippen LogP contribution in [0.2, 0.25) is 0 Å². The number of hydrogen-bond donors (Lipinski definition) is 2. The van der Waals surface area contributed by atoms with Crippen molar-refractivity contribution in [2.75, 3.05) is 6.54 Å². The molecule has 3 heteroatoms. The molecule has 1 rings (SSSR count). The fourth-order valence-corrected chi connectivity index (χ4v) is 1.28. The Morgan fingerprint density at radius 3 is 2.57 bits per heavy atom. The molecule has 0 aliphatic rings. The van der Waals surface area contributed by atoms with Gasteiger partial charge in [-0.15, -0.1) is 12.6 Å². The van der Waals surface area contributed by atoms with Crippen molar-refractivity contribution in [3.05, 3.63) is 29.8 Å². The number of carbonyl (C=O) groups is 1. The molecule has 0 fully saturated rings. The first-order chi connectivity index (χ1) is 6.72. The second-order valence-corrected chi connectivity index (χ2v) is 3.71. The summed E-state index contributed by atoms with van der Waals surface area (Å²) in [6, 6.07) is 7.64. The average Bonchev–Trinajstić information content (AvgIpc) is 2.18. The highest BCUT2D eigenvalue weighted by molar-refractivity contribution is 7.80. The zero-order chi connectivity index (χ0) is 10.4. The summed E-state index contributed by atoms with van der Waals surface area (Å²) in [5.41, 5.74) is 1.02. The van der Waals surface area contributed by atoms with Crippen LogP contribution in [0.25, 0.3) is 0 Å². The minimum absolute atomic E-state index is 0.0822. The van der Waals surface area contributed by atoms with E-state index in [2.05, 4.69) is 17.9 Å². The Labute approximate surface area is 90.1 Å². The maximum absolute atomic E-state index is 11.3. The van der Waals surface area contributed by atoms with Crippen molar-refractivity contribution >= 4 is 18.5 Å². The largest absolute Gasteiger partial charge is 0.356 e. The summed E-state index contributed by atoms with van der Waals surface area (Å²) < 4.78 is 0. The number of rotatable bonds is 4. The van der Waals surface area contributed by atoms with Crippen LogP contribution < -0.4 is 5.32 Å². The van der Waals surface area contributed by atoms with E-state index in [9.17, 15) is 4.79 Å². The molecule has 0 saturated carbocycles. The van der Waals surface area contributed by atoms with E-state index in [0.717, 1.165) is 23.4 Å². The van der Waals surface area contributed by atoms with Crippen LogP contribution >= 0.6 is 12.6 Å². The van der Waals surface area contributed by atoms with Gasteiger partial charge in [0.15, 0.2) is 0 Å². The number of thiol groups is 1. The van der Waals surface area contributed by atoms with Gasteiger partial charge in [0.05, 0.1) is 6.42 Å². The normalized spacial score (nSPS) is 9.86. The molecule has 0 radical (unpaired) electrons. The predicted octanol–water partition coefficient (Wildman–Crippen LogP) is 2.04. The first kappa shape index (κ1) is 11.1. The highest BCUT2D eigenvalue weighted by Gasteiger charge is 2.01. The van der Waals surface area contributed by atoms with Crippen molar-refractivity contribution in [2.45, 2.75) is 24.7 Å². The van der Waals surface area contributed by atoms with Crippen molar-refractivity contribution in [3.63, 3.8) is 0 Å². The fraction of sp³-hybridized carbons (Fsp3) is 0.364. The molecule has 0 aliphatic carbocycles. The van der Waals surface area contributed by atoms with E-state index in [0.29, 0.717) is 6.42 Å². The van der Waals surface area contributed by atoms with Crippen LogP contribution in [-0.2, 0) is 11.2 Å². The summed E-state index contributed by atoms with van der Waals surface area (Å²) in [6.45, 7) is 2.79. The molecular formula is C11H15NOS. The number of nitrogens with one attached hydrogen (secondary N) is 1. The molecular weight excluding hydrogens is 194 g/mol. The van der Waals surface area contributed by atoms with Crippen molar-refractivity contribution < 1.29 is 4.79 Å². The molecule has 76 valence electrons. The van der Waals surface area contributed by atoms with E-state index in [1.807, 2.05) is 31.2 Å². The van der Waals surface area contributed by atoms with Crippen molar-refractivity contribution in [1.29, 1.82) is 0 Å². The lowest BCUT2D eigenvalue weighted by atomic mass is 10.1. The minimum Gasteiger partial charge on any atom is -0.356 e. The van der Waals surface area contributed by atoms with E-state index in [4.69, 9.17) is 0 Å². The molecule has 0 bridgehead atoms. The Bertz CT molecular complexity index is 295. The zero-order valence-electron chi connectivity index (χ0n) is 8.29. The maximum Gasteiger partial charge on any atom is 0.224 e. The standard InChI is InChI=1S/C11H15NOS/c1-2-7-12-11(13)8-9-3-5-10(14)6-4-9/h3-6,14H,2,7-8H2,1H3,(H,12,13). The van der Waals surface area contributed by atoms with Gasteiger partial charge in [0.25, 0.3) is 0 Å². The molecule has 0 spiro atoms. The lowest BCUT2D eigenvalue weighted by Gasteiger charge is -2.03. The van der Waals surface area contributed by atoms with Gasteiger partial charge in [0, 0.05) is 11.4 Å². The van der Waals surface area contributed by atoms with Gasteiger partial charge in [-0.2, -0.15) is 0 Å². The number of carbonyl (C=O) groups excluding carboxylic acids is 1. The smallest absolute Gasteiger partial charge is 0.224 e. The summed E-state index contributed by atoms with van der Waals surface area (Å²) in [5, 5.41) is 2.84. The predicted molar refractivity (Wildman–Crippen MR) is 60.7 cm³/mol. The molecule has 0 atom stereocenters. The monoisotopic (exact) mass is 209 g/mol. The van der Waals surface area contributed by atoms with Gasteiger partial charge < -0.3 is 5.32 Å². The molecule has 1 aromatic rings. The first-order valence-electron chi connectivity index (χ1n) is 4.77. The third-order valence-corrected chi connectivity index (χ3v) is 2.17. The Kier molecular flexibility index (Phi) is 4.53. The van der Waals surface area contributed by atoms with Crippen LogP contribution in [0.4, 0.5) is 0 Å². The van der Waals surface area contributed by atoms with Crippen LogP contribution in [0.5, 0.6) is 0 Å². The maximum atomic E-state index is 11.3. The highest BCUT2D eigenvalue weighted by Crippen LogP contribution is 2.07. The lowest BCUT2D eigenvalue weighted by Crippen LogP contribution is -2.25. The average molecular weight is 209 g/mol. The van der Waals surface area contributed by atoms with Gasteiger partial charge in [-0.25, -0.2) is 0 Å². The molecule has 0 saturated heterocycles. The van der Waals surface area contributed by atoms with E-state index < -0.39 is 0 Å². The molecule has 1 aromatic carbocycles. The van der Waals surface area contributed by atoms with E-state index in [1.165, 1.54) is 0 Å². The highest BCUT2D eigenvalue weighted by atomic mass is 32.1. The molecule has 0 unspecified atom stereocenters. The summed E-state index contributed by atoms with van der Waals surface area (Å²) in [6.07, 6.45) is 1.43. The molecule has 1 amide bonds. The lowest BCUT2D eigenvalue weighted by molar-refractivity contribution is -0.120. The number of amides is 1. The van der Waals surface area contributed by atoms with Crippen LogP contribution in [0.15, 0.2) is 29.2 Å². The van der Waals surface area contributed by atoms with Gasteiger partial charge in [-0.1, -0.05) is 19.1 Å². The van der Waals surface area contributed by atoms with Gasteiger partial charge >= 0.3 is 0 Å². The second-order valence-electron chi connectivity index (χ2n) is 3.19. The third kappa shape index (κ3) is 3.83. The summed E-state index contributed by atoms with van der Waals surface area (Å²) in [4.78, 5) is 12.2. The zero-order valence-corrected chi connectivity index (χ0v) is 9.18. The Hall–Kier alpha value is -0.960. The first-order valence-corrected chi connectivity index (χ1v) is 5.21.